The molecule has 0 saturated heterocycles. The van der Waals surface area contributed by atoms with Gasteiger partial charge in [-0.2, -0.15) is 0 Å². The summed E-state index contributed by atoms with van der Waals surface area (Å²) in [6, 6.07) is 7.48. The Morgan fingerprint density at radius 3 is 2.54 bits per heavy atom. The number of aliphatic imine (C=N–C) groups is 1. The highest BCUT2D eigenvalue weighted by atomic mass is 16.5. The van der Waals surface area contributed by atoms with Crippen LogP contribution in [0.4, 0.5) is 0 Å². The average Bonchev–Trinajstić information content (AvgIpc) is 2.64. The molecule has 0 unspecified atom stereocenters. The van der Waals surface area contributed by atoms with E-state index >= 15 is 0 Å². The zero-order valence-corrected chi connectivity index (χ0v) is 16.5. The quantitative estimate of drug-likeness (QED) is 0.274. The SMILES string of the molecule is CCNC(=NCCCOCC(C)C)NCCc1ccc(C(=O)OC)cc1. The normalized spacial score (nSPS) is 11.5. The Labute approximate surface area is 157 Å². The fourth-order valence-electron chi connectivity index (χ4n) is 2.27. The van der Waals surface area contributed by atoms with Gasteiger partial charge in [0.05, 0.1) is 12.7 Å². The Hall–Kier alpha value is -2.08. The van der Waals surface area contributed by atoms with E-state index in [9.17, 15) is 4.79 Å². The van der Waals surface area contributed by atoms with Crippen LogP contribution in [0.3, 0.4) is 0 Å². The number of guanidine groups is 1. The summed E-state index contributed by atoms with van der Waals surface area (Å²) in [6.07, 6.45) is 1.77. The van der Waals surface area contributed by atoms with Gasteiger partial charge in [-0.1, -0.05) is 26.0 Å². The molecule has 0 aliphatic rings. The van der Waals surface area contributed by atoms with Gasteiger partial charge in [0.15, 0.2) is 5.96 Å². The maximum absolute atomic E-state index is 11.4. The molecule has 146 valence electrons. The van der Waals surface area contributed by atoms with Crippen LogP contribution >= 0.6 is 0 Å². The third kappa shape index (κ3) is 9.42. The molecule has 1 rings (SSSR count). The number of ether oxygens (including phenoxy) is 2. The highest BCUT2D eigenvalue weighted by Gasteiger charge is 2.04. The molecule has 0 aliphatic heterocycles. The summed E-state index contributed by atoms with van der Waals surface area (Å²) in [5.41, 5.74) is 1.72. The van der Waals surface area contributed by atoms with Crippen molar-refractivity contribution in [2.45, 2.75) is 33.6 Å². The van der Waals surface area contributed by atoms with Crippen molar-refractivity contribution >= 4 is 11.9 Å². The number of hydrogen-bond donors (Lipinski definition) is 2. The predicted octanol–water partition coefficient (Wildman–Crippen LogP) is 2.63. The number of nitrogens with one attached hydrogen (secondary N) is 2. The number of methoxy groups -OCH3 is 1. The molecule has 6 heteroatoms. The summed E-state index contributed by atoms with van der Waals surface area (Å²) in [5, 5.41) is 6.58. The second-order valence-electron chi connectivity index (χ2n) is 6.45. The summed E-state index contributed by atoms with van der Waals surface area (Å²) in [7, 11) is 1.39. The lowest BCUT2D eigenvalue weighted by Gasteiger charge is -2.11. The molecule has 0 spiro atoms. The van der Waals surface area contributed by atoms with E-state index in [1.807, 2.05) is 12.1 Å². The molecule has 0 fully saturated rings. The van der Waals surface area contributed by atoms with Crippen molar-refractivity contribution < 1.29 is 14.3 Å². The Bertz CT molecular complexity index is 542. The number of carbonyl (C=O) groups excluding carboxylic acids is 1. The van der Waals surface area contributed by atoms with E-state index in [1.165, 1.54) is 7.11 Å². The van der Waals surface area contributed by atoms with E-state index < -0.39 is 0 Å². The maximum Gasteiger partial charge on any atom is 0.337 e. The molecule has 0 saturated carbocycles. The Kier molecular flexibility index (Phi) is 11.1. The smallest absolute Gasteiger partial charge is 0.337 e. The second kappa shape index (κ2) is 13.2. The van der Waals surface area contributed by atoms with E-state index in [-0.39, 0.29) is 5.97 Å². The number of esters is 1. The van der Waals surface area contributed by atoms with Crippen LogP contribution in [-0.4, -0.2) is 51.9 Å². The highest BCUT2D eigenvalue weighted by molar-refractivity contribution is 5.89. The van der Waals surface area contributed by atoms with Crippen molar-refractivity contribution in [2.75, 3.05) is 40.0 Å². The van der Waals surface area contributed by atoms with Crippen LogP contribution in [0.25, 0.3) is 0 Å². The van der Waals surface area contributed by atoms with Gasteiger partial charge in [0.1, 0.15) is 0 Å². The summed E-state index contributed by atoms with van der Waals surface area (Å²) in [6.45, 7) is 10.2. The monoisotopic (exact) mass is 363 g/mol. The molecule has 2 N–H and O–H groups in total. The van der Waals surface area contributed by atoms with Gasteiger partial charge in [-0.15, -0.1) is 0 Å². The molecular weight excluding hydrogens is 330 g/mol. The van der Waals surface area contributed by atoms with Crippen LogP contribution in [0.15, 0.2) is 29.3 Å². The van der Waals surface area contributed by atoms with Crippen LogP contribution < -0.4 is 10.6 Å². The van der Waals surface area contributed by atoms with E-state index in [0.717, 1.165) is 57.2 Å². The number of rotatable bonds is 11. The Morgan fingerprint density at radius 1 is 1.19 bits per heavy atom. The lowest BCUT2D eigenvalue weighted by molar-refractivity contribution is 0.0600. The van der Waals surface area contributed by atoms with Crippen molar-refractivity contribution in [1.29, 1.82) is 0 Å². The summed E-state index contributed by atoms with van der Waals surface area (Å²) in [5.74, 6) is 1.08. The lowest BCUT2D eigenvalue weighted by atomic mass is 10.1. The molecule has 1 aromatic rings. The minimum Gasteiger partial charge on any atom is -0.465 e. The fourth-order valence-corrected chi connectivity index (χ4v) is 2.27. The first-order valence-electron chi connectivity index (χ1n) is 9.34. The molecule has 0 atom stereocenters. The van der Waals surface area contributed by atoms with Crippen LogP contribution in [0.5, 0.6) is 0 Å². The van der Waals surface area contributed by atoms with E-state index in [4.69, 9.17) is 9.47 Å². The molecule has 0 aromatic heterocycles. The van der Waals surface area contributed by atoms with Crippen molar-refractivity contribution in [3.05, 3.63) is 35.4 Å². The zero-order valence-electron chi connectivity index (χ0n) is 16.5. The first-order chi connectivity index (χ1) is 12.6. The molecule has 0 amide bonds. The van der Waals surface area contributed by atoms with Crippen LogP contribution in [0, 0.1) is 5.92 Å². The fraction of sp³-hybridized carbons (Fsp3) is 0.600. The molecular formula is C20H33N3O3. The van der Waals surface area contributed by atoms with E-state index in [2.05, 4.69) is 36.4 Å². The molecule has 1 aromatic carbocycles. The molecule has 0 heterocycles. The summed E-state index contributed by atoms with van der Waals surface area (Å²) < 4.78 is 10.3. The third-order valence-corrected chi connectivity index (χ3v) is 3.59. The molecule has 6 nitrogen and oxygen atoms in total. The second-order valence-corrected chi connectivity index (χ2v) is 6.45. The predicted molar refractivity (Wildman–Crippen MR) is 106 cm³/mol. The van der Waals surface area contributed by atoms with Crippen LogP contribution in [-0.2, 0) is 15.9 Å². The van der Waals surface area contributed by atoms with Gasteiger partial charge in [0.25, 0.3) is 0 Å². The topological polar surface area (TPSA) is 72.0 Å². The molecule has 26 heavy (non-hydrogen) atoms. The number of benzene rings is 1. The van der Waals surface area contributed by atoms with Gasteiger partial charge < -0.3 is 20.1 Å². The molecule has 0 aliphatic carbocycles. The minimum absolute atomic E-state index is 0.311. The number of hydrogen-bond acceptors (Lipinski definition) is 4. The zero-order chi connectivity index (χ0) is 19.2. The van der Waals surface area contributed by atoms with Crippen LogP contribution in [0.2, 0.25) is 0 Å². The number of nitrogens with zero attached hydrogens (tertiary/aromatic N) is 1. The van der Waals surface area contributed by atoms with Crippen molar-refractivity contribution in [2.24, 2.45) is 10.9 Å². The standard InChI is InChI=1S/C20H33N3O3/c1-5-21-20(22-12-6-14-26-15-16(2)3)23-13-11-17-7-9-18(10-8-17)19(24)25-4/h7-10,16H,5-6,11-15H2,1-4H3,(H2,21,22,23). The lowest BCUT2D eigenvalue weighted by Crippen LogP contribution is -2.38. The van der Waals surface area contributed by atoms with Gasteiger partial charge in [0.2, 0.25) is 0 Å². The highest BCUT2D eigenvalue weighted by Crippen LogP contribution is 2.06. The third-order valence-electron chi connectivity index (χ3n) is 3.59. The van der Waals surface area contributed by atoms with Crippen molar-refractivity contribution in [3.8, 4) is 0 Å². The van der Waals surface area contributed by atoms with Crippen molar-refractivity contribution in [3.63, 3.8) is 0 Å². The van der Waals surface area contributed by atoms with Gasteiger partial charge in [-0.05, 0) is 43.4 Å². The molecule has 0 radical (unpaired) electrons. The van der Waals surface area contributed by atoms with Gasteiger partial charge in [-0.25, -0.2) is 4.79 Å². The van der Waals surface area contributed by atoms with E-state index in [0.29, 0.717) is 11.5 Å². The van der Waals surface area contributed by atoms with Crippen LogP contribution in [0.1, 0.15) is 43.1 Å². The Morgan fingerprint density at radius 2 is 1.92 bits per heavy atom. The molecule has 0 bridgehead atoms. The van der Waals surface area contributed by atoms with Gasteiger partial charge in [0, 0.05) is 32.8 Å². The first kappa shape index (κ1) is 22.0. The minimum atomic E-state index is -0.311. The first-order valence-corrected chi connectivity index (χ1v) is 9.34. The van der Waals surface area contributed by atoms with Gasteiger partial charge in [-0.3, -0.25) is 4.99 Å². The Balaban J connectivity index is 2.33. The maximum atomic E-state index is 11.4. The number of carbonyl (C=O) groups is 1. The summed E-state index contributed by atoms with van der Waals surface area (Å²) >= 11 is 0. The largest absolute Gasteiger partial charge is 0.465 e. The average molecular weight is 364 g/mol. The summed E-state index contributed by atoms with van der Waals surface area (Å²) in [4.78, 5) is 16.0. The van der Waals surface area contributed by atoms with Crippen molar-refractivity contribution in [1.82, 2.24) is 10.6 Å². The van der Waals surface area contributed by atoms with E-state index in [1.54, 1.807) is 12.1 Å². The van der Waals surface area contributed by atoms with Gasteiger partial charge >= 0.3 is 5.97 Å².